The predicted octanol–water partition coefficient (Wildman–Crippen LogP) is 2.68. The van der Waals surface area contributed by atoms with Gasteiger partial charge in [0.25, 0.3) is 5.91 Å². The third-order valence-electron chi connectivity index (χ3n) is 6.58. The second-order valence-electron chi connectivity index (χ2n) is 8.56. The normalized spacial score (nSPS) is 29.1. The monoisotopic (exact) mass is 431 g/mol. The van der Waals surface area contributed by atoms with Crippen LogP contribution in [0.3, 0.4) is 0 Å². The summed E-state index contributed by atoms with van der Waals surface area (Å²) in [4.78, 5) is 29.8. The molecule has 3 aliphatic heterocycles. The van der Waals surface area contributed by atoms with Crippen molar-refractivity contribution in [2.45, 2.75) is 37.8 Å². The Morgan fingerprint density at radius 1 is 1.37 bits per heavy atom. The summed E-state index contributed by atoms with van der Waals surface area (Å²) in [5, 5.41) is 3.95. The quantitative estimate of drug-likeness (QED) is 0.728. The van der Waals surface area contributed by atoms with E-state index in [4.69, 9.17) is 16.3 Å². The Kier molecular flexibility index (Phi) is 6.46. The molecule has 3 aliphatic rings. The van der Waals surface area contributed by atoms with Gasteiger partial charge in [0.05, 0.1) is 29.8 Å². The lowest BCUT2D eigenvalue weighted by Crippen LogP contribution is -2.55. The highest BCUT2D eigenvalue weighted by atomic mass is 35.5. The number of fused-ring (bicyclic) bond motifs is 1. The minimum Gasteiger partial charge on any atom is -0.378 e. The molecule has 3 saturated heterocycles. The van der Waals surface area contributed by atoms with Gasteiger partial charge < -0.3 is 19.9 Å². The van der Waals surface area contributed by atoms with Crippen molar-refractivity contribution in [3.63, 3.8) is 0 Å². The van der Waals surface area contributed by atoms with Gasteiger partial charge in [-0.15, -0.1) is 6.58 Å². The third-order valence-corrected chi connectivity index (χ3v) is 6.91. The Labute approximate surface area is 183 Å². The van der Waals surface area contributed by atoms with E-state index in [0.29, 0.717) is 56.0 Å². The van der Waals surface area contributed by atoms with E-state index in [1.807, 2.05) is 29.2 Å². The Morgan fingerprint density at radius 3 is 2.87 bits per heavy atom. The first-order valence-corrected chi connectivity index (χ1v) is 11.2. The average molecular weight is 432 g/mol. The van der Waals surface area contributed by atoms with Crippen LogP contribution in [0.1, 0.15) is 41.6 Å². The highest BCUT2D eigenvalue weighted by Crippen LogP contribution is 2.40. The molecule has 0 saturated carbocycles. The number of nitrogens with zero attached hydrogens (tertiary/aromatic N) is 2. The van der Waals surface area contributed by atoms with Crippen molar-refractivity contribution >= 4 is 23.4 Å². The van der Waals surface area contributed by atoms with Crippen molar-refractivity contribution in [3.05, 3.63) is 47.0 Å². The number of amides is 2. The SMILES string of the molecule is C=CCCN1CC(c2ccc(Cl)c(C(=O)N3CCOCC3)c2)C2CC(C)NC2C1=O. The van der Waals surface area contributed by atoms with Gasteiger partial charge in [0.2, 0.25) is 5.91 Å². The average Bonchev–Trinajstić information content (AvgIpc) is 3.16. The lowest BCUT2D eigenvalue weighted by molar-refractivity contribution is -0.137. The fourth-order valence-corrected chi connectivity index (χ4v) is 5.23. The zero-order valence-electron chi connectivity index (χ0n) is 17.5. The summed E-state index contributed by atoms with van der Waals surface area (Å²) in [5.41, 5.74) is 1.62. The van der Waals surface area contributed by atoms with Crippen LogP contribution in [0.2, 0.25) is 5.02 Å². The van der Waals surface area contributed by atoms with Crippen LogP contribution in [-0.4, -0.2) is 73.1 Å². The van der Waals surface area contributed by atoms with E-state index in [0.717, 1.165) is 18.4 Å². The van der Waals surface area contributed by atoms with E-state index in [2.05, 4.69) is 18.8 Å². The predicted molar refractivity (Wildman–Crippen MR) is 117 cm³/mol. The summed E-state index contributed by atoms with van der Waals surface area (Å²) in [7, 11) is 0. The van der Waals surface area contributed by atoms with Gasteiger partial charge in [-0.05, 0) is 43.4 Å². The molecular weight excluding hydrogens is 402 g/mol. The molecule has 2 amide bonds. The largest absolute Gasteiger partial charge is 0.378 e. The number of hydrogen-bond acceptors (Lipinski definition) is 4. The molecule has 7 heteroatoms. The number of carbonyl (C=O) groups is 2. The van der Waals surface area contributed by atoms with Crippen LogP contribution in [0.25, 0.3) is 0 Å². The highest BCUT2D eigenvalue weighted by Gasteiger charge is 2.47. The molecule has 0 radical (unpaired) electrons. The number of rotatable bonds is 5. The summed E-state index contributed by atoms with van der Waals surface area (Å²) in [6.07, 6.45) is 3.57. The van der Waals surface area contributed by atoms with Gasteiger partial charge in [-0.1, -0.05) is 23.7 Å². The summed E-state index contributed by atoms with van der Waals surface area (Å²) < 4.78 is 5.37. The molecular formula is C23H30ClN3O3. The lowest BCUT2D eigenvalue weighted by Gasteiger charge is -2.40. The summed E-state index contributed by atoms with van der Waals surface area (Å²) in [5.74, 6) is 0.527. The van der Waals surface area contributed by atoms with Crippen LogP contribution in [0.15, 0.2) is 30.9 Å². The zero-order valence-corrected chi connectivity index (χ0v) is 18.2. The van der Waals surface area contributed by atoms with Crippen molar-refractivity contribution in [2.24, 2.45) is 5.92 Å². The van der Waals surface area contributed by atoms with Gasteiger partial charge in [0, 0.05) is 38.1 Å². The summed E-state index contributed by atoms with van der Waals surface area (Å²) in [6, 6.07) is 5.93. The summed E-state index contributed by atoms with van der Waals surface area (Å²) in [6.45, 7) is 9.53. The zero-order chi connectivity index (χ0) is 21.3. The molecule has 4 rings (SSSR count). The van der Waals surface area contributed by atoms with Gasteiger partial charge in [0.15, 0.2) is 0 Å². The van der Waals surface area contributed by atoms with Crippen molar-refractivity contribution in [2.75, 3.05) is 39.4 Å². The van der Waals surface area contributed by atoms with Gasteiger partial charge in [-0.25, -0.2) is 0 Å². The fraction of sp³-hybridized carbons (Fsp3) is 0.565. The van der Waals surface area contributed by atoms with Crippen LogP contribution >= 0.6 is 11.6 Å². The van der Waals surface area contributed by atoms with Gasteiger partial charge in [-0.3, -0.25) is 9.59 Å². The van der Waals surface area contributed by atoms with Crippen LogP contribution in [0, 0.1) is 5.92 Å². The molecule has 30 heavy (non-hydrogen) atoms. The minimum atomic E-state index is -0.169. The molecule has 1 aromatic carbocycles. The van der Waals surface area contributed by atoms with Crippen molar-refractivity contribution in [1.82, 2.24) is 15.1 Å². The first-order chi connectivity index (χ1) is 14.5. The van der Waals surface area contributed by atoms with E-state index < -0.39 is 0 Å². The van der Waals surface area contributed by atoms with Gasteiger partial charge in [-0.2, -0.15) is 0 Å². The molecule has 0 aromatic heterocycles. The molecule has 0 spiro atoms. The Hall–Kier alpha value is -1.89. The topological polar surface area (TPSA) is 61.9 Å². The van der Waals surface area contributed by atoms with Crippen molar-refractivity contribution < 1.29 is 14.3 Å². The number of ether oxygens (including phenoxy) is 1. The van der Waals surface area contributed by atoms with Gasteiger partial charge >= 0.3 is 0 Å². The number of benzene rings is 1. The molecule has 0 bridgehead atoms. The number of morpholine rings is 1. The number of nitrogens with one attached hydrogen (secondary N) is 1. The van der Waals surface area contributed by atoms with E-state index in [1.54, 1.807) is 4.90 Å². The molecule has 0 aliphatic carbocycles. The molecule has 6 nitrogen and oxygen atoms in total. The van der Waals surface area contributed by atoms with Crippen molar-refractivity contribution in [1.29, 1.82) is 0 Å². The van der Waals surface area contributed by atoms with Crippen LogP contribution in [0.5, 0.6) is 0 Å². The van der Waals surface area contributed by atoms with Crippen LogP contribution in [-0.2, 0) is 9.53 Å². The molecule has 1 N–H and O–H groups in total. The first-order valence-electron chi connectivity index (χ1n) is 10.8. The minimum absolute atomic E-state index is 0.0463. The second-order valence-corrected chi connectivity index (χ2v) is 8.96. The van der Waals surface area contributed by atoms with Crippen LogP contribution in [0.4, 0.5) is 0 Å². The maximum absolute atomic E-state index is 13.1. The van der Waals surface area contributed by atoms with Gasteiger partial charge in [0.1, 0.15) is 0 Å². The second kappa shape index (κ2) is 9.08. The van der Waals surface area contributed by atoms with E-state index in [1.165, 1.54) is 0 Å². The van der Waals surface area contributed by atoms with Crippen molar-refractivity contribution in [3.8, 4) is 0 Å². The Balaban J connectivity index is 1.63. The number of carbonyl (C=O) groups excluding carboxylic acids is 2. The molecule has 4 atom stereocenters. The number of halogens is 1. The molecule has 1 aromatic rings. The fourth-order valence-electron chi connectivity index (χ4n) is 5.03. The highest BCUT2D eigenvalue weighted by molar-refractivity contribution is 6.33. The molecule has 162 valence electrons. The molecule has 3 fully saturated rings. The molecule has 4 unspecified atom stereocenters. The summed E-state index contributed by atoms with van der Waals surface area (Å²) >= 11 is 6.44. The van der Waals surface area contributed by atoms with E-state index >= 15 is 0 Å². The number of likely N-dealkylation sites (tertiary alicyclic amines) is 1. The number of hydrogen-bond donors (Lipinski definition) is 1. The third kappa shape index (κ3) is 4.13. The van der Waals surface area contributed by atoms with E-state index in [9.17, 15) is 9.59 Å². The lowest BCUT2D eigenvalue weighted by atomic mass is 9.77. The van der Waals surface area contributed by atoms with Crippen LogP contribution < -0.4 is 5.32 Å². The number of piperidine rings is 1. The van der Waals surface area contributed by atoms with E-state index in [-0.39, 0.29) is 29.7 Å². The maximum Gasteiger partial charge on any atom is 0.255 e. The smallest absolute Gasteiger partial charge is 0.255 e. The Morgan fingerprint density at radius 2 is 2.13 bits per heavy atom. The maximum atomic E-state index is 13.1. The standard InChI is InChI=1S/C23H30ClN3O3/c1-3-4-7-27-14-19(17-12-15(2)25-21(17)23(27)29)16-5-6-20(24)18(13-16)22(28)26-8-10-30-11-9-26/h3,5-6,13,15,17,19,21,25H,1,4,7-12,14H2,2H3. The molecule has 3 heterocycles. The first kappa shape index (κ1) is 21.3. The Bertz CT molecular complexity index is 824.